The summed E-state index contributed by atoms with van der Waals surface area (Å²) in [6.07, 6.45) is 24.9. The third kappa shape index (κ3) is 28.2. The van der Waals surface area contributed by atoms with Gasteiger partial charge in [-0.25, -0.2) is 19.9 Å². The minimum absolute atomic E-state index is 0.00391. The maximum atomic E-state index is 13.6. The number of hydrogen-bond donors (Lipinski definition) is 10. The first kappa shape index (κ1) is 106. The van der Waals surface area contributed by atoms with Crippen LogP contribution in [0.2, 0.25) is 0 Å². The maximum Gasteiger partial charge on any atom is 0.275 e. The predicted molar refractivity (Wildman–Crippen MR) is 550 cm³/mol. The molecule has 16 bridgehead atoms. The number of carbonyl (C=O) groups is 13. The van der Waals surface area contributed by atoms with Crippen LogP contribution in [0.1, 0.15) is 266 Å². The highest BCUT2D eigenvalue weighted by molar-refractivity contribution is 7.14. The molecular weight excluding hydrogens is 1990 g/mol. The Morgan fingerprint density at radius 1 is 0.376 bits per heavy atom. The fourth-order valence-corrected chi connectivity index (χ4v) is 21.3. The molecule has 780 valence electrons. The molecule has 12 aromatic rings. The Morgan fingerprint density at radius 3 is 0.973 bits per heavy atom. The van der Waals surface area contributed by atoms with Gasteiger partial charge in [-0.15, -0.1) is 45.3 Å². The molecule has 0 spiro atoms. The molecule has 0 radical (unpaired) electrons. The van der Waals surface area contributed by atoms with E-state index in [2.05, 4.69) is 103 Å². The fourth-order valence-electron chi connectivity index (χ4n) is 18.2. The Labute approximate surface area is 871 Å². The number of nitrogens with zero attached hydrogens (tertiary/aromatic N) is 16. The Morgan fingerprint density at radius 2 is 0.664 bits per heavy atom. The molecule has 3 atom stereocenters. The summed E-state index contributed by atoms with van der Waals surface area (Å²) >= 11 is 5.45. The number of nitrogens with two attached hydrogens (primary N) is 1. The number of thiazole rings is 4. The molecule has 43 nitrogen and oxygen atoms in total. The number of rotatable bonds is 9. The minimum Gasteiger partial charge on any atom is -0.396 e. The topological polar surface area (TPSA) is 576 Å². The van der Waals surface area contributed by atoms with Crippen LogP contribution in [0.25, 0.3) is 42.3 Å². The number of carbonyl (C=O) groups excluding carboxylic acids is 13. The molecule has 149 heavy (non-hydrogen) atoms. The standard InChI is InChI=1S/C27H31N7O5S.C26H30N6O5S.C25H28N6O4S.C24H26N6O4S/c28-23(36)4-3-16-13-22(35)24-20(14-34(33-24)19-6-10-39-11-7-19)31-26(38)21-15-40-27(32-21)17-5-9-29-18(12-17)2-1-8-30-25(16)37;33-9-4-16-13-22(34)23-20(14-32(31-23)19-5-10-37-11-6-19)29-25(36)21-15-38-26(30-21)17-3-8-27-18(12-17)2-1-7-28-24(16)35;1-15-11-21(32)22-19(13-31(30-22)18-5-9-35-10-6-18)28-24(34)20-14-36-25(29-20)16-4-8-26-17(12-16)3-2-7-27-23(15)33;31-20-3-4-21(32)26-8-1-2-16-12-15(5-9-25-16)24-28-19(14-35-24)23(33)27-18-13-30(29-22(18)20)17-6-10-34-11-7-17/h5,9,12,14-16,19H,1-4,6-8,10-11,13H2,(H2,28,36)(H,30,37)(H,31,38);3,8,12,14-16,19,33H,1-2,4-7,9-11,13H2,(H,28,35)(H,29,36);4,8,12-15,18H,2-3,5-7,9-11H2,1H3,(H,27,33)(H,28,34);5,9,12-14,17H,1-4,6-8,10-11H2,(H,26,32)(H,27,33). The van der Waals surface area contributed by atoms with Gasteiger partial charge in [0.25, 0.3) is 23.6 Å². The lowest BCUT2D eigenvalue weighted by Gasteiger charge is -2.22. The van der Waals surface area contributed by atoms with E-state index in [1.807, 2.05) is 48.5 Å². The van der Waals surface area contributed by atoms with Crippen molar-refractivity contribution in [2.45, 2.75) is 185 Å². The Hall–Kier alpha value is -14.3. The van der Waals surface area contributed by atoms with Crippen LogP contribution in [-0.4, -0.2) is 246 Å². The molecule has 47 heteroatoms. The van der Waals surface area contributed by atoms with Gasteiger partial charge in [-0.3, -0.25) is 101 Å². The van der Waals surface area contributed by atoms with Crippen molar-refractivity contribution >= 4 is 144 Å². The van der Waals surface area contributed by atoms with Crippen molar-refractivity contribution < 1.29 is 86.4 Å². The second kappa shape index (κ2) is 51.1. The van der Waals surface area contributed by atoms with Crippen molar-refractivity contribution in [2.24, 2.45) is 23.5 Å². The summed E-state index contributed by atoms with van der Waals surface area (Å²) < 4.78 is 28.7. The van der Waals surface area contributed by atoms with Crippen molar-refractivity contribution in [3.63, 3.8) is 0 Å². The second-order valence-corrected chi connectivity index (χ2v) is 40.7. The number of aliphatic hydroxyl groups excluding tert-OH is 1. The van der Waals surface area contributed by atoms with Crippen molar-refractivity contribution in [3.8, 4) is 42.3 Å². The number of amides is 9. The number of primary amides is 1. The van der Waals surface area contributed by atoms with Crippen molar-refractivity contribution in [2.75, 3.05) is 107 Å². The first-order valence-electron chi connectivity index (χ1n) is 50.1. The summed E-state index contributed by atoms with van der Waals surface area (Å²) in [6, 6.07) is 15.4. The lowest BCUT2D eigenvalue weighted by Crippen LogP contribution is -2.34. The lowest BCUT2D eigenvalue weighted by atomic mass is 9.94. The summed E-state index contributed by atoms with van der Waals surface area (Å²) in [4.78, 5) is 204. The van der Waals surface area contributed by atoms with E-state index in [9.17, 15) is 67.4 Å². The smallest absolute Gasteiger partial charge is 0.275 e. The van der Waals surface area contributed by atoms with E-state index in [-0.39, 0.29) is 180 Å². The highest BCUT2D eigenvalue weighted by Gasteiger charge is 2.36. The quantitative estimate of drug-likeness (QED) is 0.0641. The number of nitrogens with one attached hydrogen (secondary N) is 8. The zero-order valence-electron chi connectivity index (χ0n) is 82.0. The third-order valence-corrected chi connectivity index (χ3v) is 30.0. The minimum atomic E-state index is -0.779. The van der Waals surface area contributed by atoms with Crippen LogP contribution in [0.3, 0.4) is 0 Å². The van der Waals surface area contributed by atoms with Gasteiger partial charge in [0.15, 0.2) is 45.9 Å². The van der Waals surface area contributed by atoms with Gasteiger partial charge in [0.2, 0.25) is 29.5 Å². The normalized spacial score (nSPS) is 19.3. The van der Waals surface area contributed by atoms with Crippen molar-refractivity contribution in [1.29, 1.82) is 0 Å². The van der Waals surface area contributed by atoms with Crippen LogP contribution < -0.4 is 48.3 Å². The second-order valence-electron chi connectivity index (χ2n) is 37.2. The van der Waals surface area contributed by atoms with Gasteiger partial charge in [0.05, 0.1) is 46.9 Å². The van der Waals surface area contributed by atoms with E-state index in [4.69, 9.17) is 24.7 Å². The molecule has 0 saturated carbocycles. The van der Waals surface area contributed by atoms with E-state index in [0.29, 0.717) is 155 Å². The molecule has 12 aromatic heterocycles. The molecule has 8 aliphatic rings. The van der Waals surface area contributed by atoms with E-state index < -0.39 is 53.1 Å². The first-order valence-corrected chi connectivity index (χ1v) is 53.6. The SMILES string of the molecule is CC1CC(=O)c2nn(C3CCOCC3)cc2NC(=O)c2csc(n2)-c2ccnc(c2)CCCNC1=O.NC(=O)CCC1CC(=O)c2nn(C3CCOCC3)cc2NC(=O)c2csc(n2)-c2ccnc(c2)CCCNC1=O.O=C1CCC(=O)c2nn(C3CCOCC3)cc2NC(=O)c2csc(n2)-c2ccnc(c2)CCCN1.O=C1Nc2cn(C3CCOCC3)nc2C(=O)CC(CCO)C(=O)NCCCc2cc(ccn2)-c2nc1cs2. The number of fused-ring (bicyclic) bond motifs is 24. The summed E-state index contributed by atoms with van der Waals surface area (Å²) in [6.45, 7) is 8.08. The zero-order valence-corrected chi connectivity index (χ0v) is 85.3. The first-order chi connectivity index (χ1) is 72.4. The molecule has 20 heterocycles. The van der Waals surface area contributed by atoms with E-state index in [1.165, 1.54) is 45.3 Å². The number of pyridine rings is 4. The number of anilines is 4. The van der Waals surface area contributed by atoms with Crippen LogP contribution in [0.15, 0.2) is 120 Å². The molecule has 20 rings (SSSR count). The van der Waals surface area contributed by atoms with Gasteiger partial charge in [-0.2, -0.15) is 20.4 Å². The number of aromatic nitrogens is 16. The van der Waals surface area contributed by atoms with Gasteiger partial charge >= 0.3 is 0 Å². The number of Topliss-reactive ketones (excluding diaryl/α,β-unsaturated/α-hetero) is 4. The summed E-state index contributed by atoms with van der Waals surface area (Å²) in [5, 5.41) is 60.1. The summed E-state index contributed by atoms with van der Waals surface area (Å²) in [5.41, 5.74) is 14.9. The van der Waals surface area contributed by atoms with Crippen molar-refractivity contribution in [1.82, 2.24) is 100 Å². The van der Waals surface area contributed by atoms with Crippen LogP contribution in [0.5, 0.6) is 0 Å². The van der Waals surface area contributed by atoms with Crippen molar-refractivity contribution in [3.05, 3.63) is 188 Å². The highest BCUT2D eigenvalue weighted by Crippen LogP contribution is 2.37. The molecule has 3 unspecified atom stereocenters. The molecule has 4 fully saturated rings. The molecule has 4 saturated heterocycles. The van der Waals surface area contributed by atoms with Gasteiger partial charge < -0.3 is 72.3 Å². The maximum absolute atomic E-state index is 13.6. The third-order valence-electron chi connectivity index (χ3n) is 26.4. The van der Waals surface area contributed by atoms with Crippen LogP contribution in [0.4, 0.5) is 22.7 Å². The monoisotopic (exact) mass is 2110 g/mol. The van der Waals surface area contributed by atoms with E-state index >= 15 is 0 Å². The highest BCUT2D eigenvalue weighted by atomic mass is 32.1. The molecule has 0 aliphatic carbocycles. The van der Waals surface area contributed by atoms with Gasteiger partial charge in [0.1, 0.15) is 42.8 Å². The molecular formula is C102H115N25O18S4. The Balaban J connectivity index is 0.000000135. The fraction of sp³-hybridized carbons (Fsp3) is 0.441. The predicted octanol–water partition coefficient (Wildman–Crippen LogP) is 11.5. The number of hydrogen-bond acceptors (Lipinski definition) is 34. The number of aliphatic hydroxyl groups is 1. The van der Waals surface area contributed by atoms with E-state index in [0.717, 1.165) is 103 Å². The Kier molecular flexibility index (Phi) is 36.3. The average molecular weight is 2110 g/mol. The summed E-state index contributed by atoms with van der Waals surface area (Å²) in [7, 11) is 0. The number of ketones is 4. The van der Waals surface area contributed by atoms with Gasteiger partial charge in [-0.05, 0) is 164 Å². The van der Waals surface area contributed by atoms with Crippen LogP contribution in [-0.2, 0) is 68.6 Å². The zero-order chi connectivity index (χ0) is 104. The van der Waals surface area contributed by atoms with Crippen LogP contribution >= 0.6 is 45.3 Å². The number of ether oxygens (including phenoxy) is 4. The van der Waals surface area contributed by atoms with Gasteiger partial charge in [0, 0.05) is 258 Å². The largest absolute Gasteiger partial charge is 0.396 e. The molecule has 0 aromatic carbocycles. The molecule has 8 aliphatic heterocycles. The summed E-state index contributed by atoms with van der Waals surface area (Å²) in [5.74, 6) is -6.71. The number of aryl methyl sites for hydroxylation is 4. The van der Waals surface area contributed by atoms with Gasteiger partial charge in [-0.1, -0.05) is 6.92 Å². The van der Waals surface area contributed by atoms with Crippen LogP contribution in [0, 0.1) is 17.8 Å². The average Bonchev–Trinajstić information content (AvgIpc) is 1.67. The Bertz CT molecular complexity index is 6850. The molecule has 11 N–H and O–H groups in total. The molecule has 9 amide bonds. The van der Waals surface area contributed by atoms with E-state index in [1.54, 1.807) is 96.7 Å². The lowest BCUT2D eigenvalue weighted by molar-refractivity contribution is -0.126.